The lowest BCUT2D eigenvalue weighted by atomic mass is 10.2. The van der Waals surface area contributed by atoms with Crippen LogP contribution in [-0.2, 0) is 21.3 Å². The summed E-state index contributed by atoms with van der Waals surface area (Å²) < 4.78 is 23.1. The van der Waals surface area contributed by atoms with Crippen molar-refractivity contribution in [1.82, 2.24) is 9.97 Å². The second-order valence-electron chi connectivity index (χ2n) is 4.07. The van der Waals surface area contributed by atoms with E-state index in [1.54, 1.807) is 25.7 Å². The van der Waals surface area contributed by atoms with Gasteiger partial charge in [0.2, 0.25) is 0 Å². The first-order valence-corrected chi connectivity index (χ1v) is 8.38. The van der Waals surface area contributed by atoms with Crippen LogP contribution in [0.25, 0.3) is 0 Å². The van der Waals surface area contributed by atoms with E-state index in [0.717, 1.165) is 28.6 Å². The van der Waals surface area contributed by atoms with Crippen molar-refractivity contribution in [3.63, 3.8) is 0 Å². The second kappa shape index (κ2) is 4.45. The van der Waals surface area contributed by atoms with Crippen LogP contribution in [0, 0.1) is 0 Å². The van der Waals surface area contributed by atoms with Gasteiger partial charge in [-0.05, 0) is 6.92 Å². The summed E-state index contributed by atoms with van der Waals surface area (Å²) in [7, 11) is -1.37. The summed E-state index contributed by atoms with van der Waals surface area (Å²) >= 11 is 1.77. The number of anilines is 1. The fourth-order valence-electron chi connectivity index (χ4n) is 1.65. The van der Waals surface area contributed by atoms with Crippen molar-refractivity contribution in [1.29, 1.82) is 0 Å². The van der Waals surface area contributed by atoms with E-state index < -0.39 is 15.1 Å². The van der Waals surface area contributed by atoms with Gasteiger partial charge < -0.3 is 5.32 Å². The fraction of sp³-hybridized carbons (Fsp3) is 0.600. The maximum atomic E-state index is 11.5. The van der Waals surface area contributed by atoms with Crippen molar-refractivity contribution in [3.8, 4) is 0 Å². The topological polar surface area (TPSA) is 72.0 Å². The molecule has 94 valence electrons. The van der Waals surface area contributed by atoms with Gasteiger partial charge in [0.05, 0.1) is 5.69 Å². The average molecular weight is 273 g/mol. The van der Waals surface area contributed by atoms with Crippen molar-refractivity contribution in [2.75, 3.05) is 18.6 Å². The van der Waals surface area contributed by atoms with Crippen molar-refractivity contribution >= 4 is 27.4 Å². The van der Waals surface area contributed by atoms with Crippen LogP contribution in [0.2, 0.25) is 0 Å². The van der Waals surface area contributed by atoms with Crippen LogP contribution in [0.1, 0.15) is 29.3 Å². The number of thioether (sulfide) groups is 1. The molecule has 0 saturated carbocycles. The van der Waals surface area contributed by atoms with Gasteiger partial charge >= 0.3 is 0 Å². The monoisotopic (exact) mass is 273 g/mol. The first-order chi connectivity index (χ1) is 7.93. The molecule has 1 unspecified atom stereocenters. The Kier molecular flexibility index (Phi) is 3.31. The highest BCUT2D eigenvalue weighted by Crippen LogP contribution is 2.34. The molecule has 0 fully saturated rings. The highest BCUT2D eigenvalue weighted by Gasteiger charge is 2.25. The van der Waals surface area contributed by atoms with E-state index >= 15 is 0 Å². The Morgan fingerprint density at radius 1 is 1.35 bits per heavy atom. The van der Waals surface area contributed by atoms with E-state index in [1.165, 1.54) is 6.26 Å². The lowest BCUT2D eigenvalue weighted by Crippen LogP contribution is -2.14. The Labute approximate surface area is 105 Å². The SMILES string of the molecule is CNc1nc(C(C)S(C)(=O)=O)nc2c1CSC2. The first-order valence-electron chi connectivity index (χ1n) is 5.27. The van der Waals surface area contributed by atoms with Gasteiger partial charge in [-0.1, -0.05) is 0 Å². The molecule has 0 aliphatic carbocycles. The average Bonchev–Trinajstić information content (AvgIpc) is 2.73. The Bertz CT molecular complexity index is 543. The molecule has 2 rings (SSSR count). The van der Waals surface area contributed by atoms with Gasteiger partial charge in [0.15, 0.2) is 9.84 Å². The zero-order chi connectivity index (χ0) is 12.6. The third-order valence-corrected chi connectivity index (χ3v) is 5.30. The minimum atomic E-state index is -3.16. The Morgan fingerprint density at radius 2 is 2.06 bits per heavy atom. The lowest BCUT2D eigenvalue weighted by molar-refractivity contribution is 0.589. The second-order valence-corrected chi connectivity index (χ2v) is 7.42. The standard InChI is InChI=1S/C10H15N3O2S2/c1-6(17(3,14)15)9-12-8-5-16-4-7(8)10(11-2)13-9/h6H,4-5H2,1-3H3,(H,11,12,13). The molecule has 0 spiro atoms. The Morgan fingerprint density at radius 3 is 2.65 bits per heavy atom. The van der Waals surface area contributed by atoms with Crippen molar-refractivity contribution in [2.24, 2.45) is 0 Å². The van der Waals surface area contributed by atoms with Gasteiger partial charge in [-0.3, -0.25) is 0 Å². The summed E-state index contributed by atoms with van der Waals surface area (Å²) in [6.07, 6.45) is 1.21. The summed E-state index contributed by atoms with van der Waals surface area (Å²) in [5.41, 5.74) is 2.06. The number of aromatic nitrogens is 2. The summed E-state index contributed by atoms with van der Waals surface area (Å²) in [6, 6.07) is 0. The van der Waals surface area contributed by atoms with Crippen LogP contribution in [0.3, 0.4) is 0 Å². The molecule has 0 amide bonds. The minimum Gasteiger partial charge on any atom is -0.373 e. The van der Waals surface area contributed by atoms with Crippen molar-refractivity contribution in [3.05, 3.63) is 17.1 Å². The number of rotatable bonds is 3. The van der Waals surface area contributed by atoms with Crippen LogP contribution < -0.4 is 5.32 Å². The number of hydrogen-bond donors (Lipinski definition) is 1. The molecule has 0 saturated heterocycles. The van der Waals surface area contributed by atoms with Crippen molar-refractivity contribution in [2.45, 2.75) is 23.7 Å². The van der Waals surface area contributed by atoms with Gasteiger partial charge in [-0.25, -0.2) is 18.4 Å². The quantitative estimate of drug-likeness (QED) is 0.897. The Balaban J connectivity index is 2.51. The van der Waals surface area contributed by atoms with Gasteiger partial charge in [0.25, 0.3) is 0 Å². The highest BCUT2D eigenvalue weighted by atomic mass is 32.2. The van der Waals surface area contributed by atoms with Gasteiger partial charge in [-0.2, -0.15) is 11.8 Å². The zero-order valence-electron chi connectivity index (χ0n) is 10.0. The molecule has 1 aromatic heterocycles. The van der Waals surface area contributed by atoms with Gasteiger partial charge in [0.1, 0.15) is 16.9 Å². The Hall–Kier alpha value is -0.820. The van der Waals surface area contributed by atoms with E-state index in [2.05, 4.69) is 15.3 Å². The largest absolute Gasteiger partial charge is 0.373 e. The molecule has 0 bridgehead atoms. The van der Waals surface area contributed by atoms with Crippen LogP contribution in [0.4, 0.5) is 5.82 Å². The van der Waals surface area contributed by atoms with Crippen LogP contribution in [0.5, 0.6) is 0 Å². The molecule has 1 aromatic rings. The van der Waals surface area contributed by atoms with E-state index in [1.807, 2.05) is 0 Å². The molecule has 1 aliphatic rings. The maximum Gasteiger partial charge on any atom is 0.157 e. The number of hydrogen-bond acceptors (Lipinski definition) is 6. The molecule has 1 N–H and O–H groups in total. The van der Waals surface area contributed by atoms with Gasteiger partial charge in [0, 0.05) is 30.4 Å². The van der Waals surface area contributed by atoms with E-state index in [0.29, 0.717) is 5.82 Å². The first kappa shape index (κ1) is 12.6. The molecule has 17 heavy (non-hydrogen) atoms. The summed E-state index contributed by atoms with van der Waals surface area (Å²) in [5.74, 6) is 2.86. The highest BCUT2D eigenvalue weighted by molar-refractivity contribution is 7.98. The van der Waals surface area contributed by atoms with E-state index in [-0.39, 0.29) is 0 Å². The molecular weight excluding hydrogens is 258 g/mol. The molecule has 0 radical (unpaired) electrons. The minimum absolute atomic E-state index is 0.387. The van der Waals surface area contributed by atoms with Crippen LogP contribution in [0.15, 0.2) is 0 Å². The number of nitrogens with one attached hydrogen (secondary N) is 1. The molecule has 2 heterocycles. The molecule has 1 aliphatic heterocycles. The molecule has 0 aromatic carbocycles. The van der Waals surface area contributed by atoms with Crippen molar-refractivity contribution < 1.29 is 8.42 Å². The lowest BCUT2D eigenvalue weighted by Gasteiger charge is -2.12. The predicted molar refractivity (Wildman–Crippen MR) is 69.8 cm³/mol. The van der Waals surface area contributed by atoms with E-state index in [9.17, 15) is 8.42 Å². The summed E-state index contributed by atoms with van der Waals surface area (Å²) in [6.45, 7) is 1.62. The maximum absolute atomic E-state index is 11.5. The number of nitrogens with zero attached hydrogens (tertiary/aromatic N) is 2. The third kappa shape index (κ3) is 2.40. The zero-order valence-corrected chi connectivity index (χ0v) is 11.7. The van der Waals surface area contributed by atoms with E-state index in [4.69, 9.17) is 0 Å². The molecule has 5 nitrogen and oxygen atoms in total. The molecule has 1 atom stereocenters. The van der Waals surface area contributed by atoms with Crippen LogP contribution in [-0.4, -0.2) is 31.7 Å². The number of fused-ring (bicyclic) bond motifs is 1. The fourth-order valence-corrected chi connectivity index (χ4v) is 3.18. The van der Waals surface area contributed by atoms with Gasteiger partial charge in [-0.15, -0.1) is 0 Å². The smallest absolute Gasteiger partial charge is 0.157 e. The molecular formula is C10H15N3O2S2. The predicted octanol–water partition coefficient (Wildman–Crippen LogP) is 1.37. The molecule has 7 heteroatoms. The summed E-state index contributed by atoms with van der Waals surface area (Å²) in [4.78, 5) is 8.69. The third-order valence-electron chi connectivity index (χ3n) is 2.84. The number of sulfone groups is 1. The van der Waals surface area contributed by atoms with Crippen LogP contribution >= 0.6 is 11.8 Å². The summed E-state index contributed by atoms with van der Waals surface area (Å²) in [5, 5.41) is 2.35. The normalized spacial score (nSPS) is 16.6.